The molecule has 3 heterocycles. The molecule has 0 unspecified atom stereocenters. The molecule has 2 amide bonds. The van der Waals surface area contributed by atoms with Crippen molar-refractivity contribution in [2.45, 2.75) is 32.7 Å². The molecule has 2 fully saturated rings. The Kier molecular flexibility index (Phi) is 4.64. The van der Waals surface area contributed by atoms with E-state index in [9.17, 15) is 18.4 Å². The summed E-state index contributed by atoms with van der Waals surface area (Å²) < 4.78 is 26.7. The molecule has 4 rings (SSSR count). The SMILES string of the molecule is Cc1cnc(C(=O)N2CC[C@@]3(CCCN(Cc4ccc(F)c(F)c4)C3=O)C2)[nH]1. The lowest BCUT2D eigenvalue weighted by Gasteiger charge is -2.39. The van der Waals surface area contributed by atoms with Gasteiger partial charge in [0.05, 0.1) is 5.41 Å². The van der Waals surface area contributed by atoms with Crippen molar-refractivity contribution in [1.29, 1.82) is 0 Å². The summed E-state index contributed by atoms with van der Waals surface area (Å²) in [4.78, 5) is 36.3. The molecule has 1 aromatic carbocycles. The molecule has 0 radical (unpaired) electrons. The van der Waals surface area contributed by atoms with Crippen LogP contribution in [0.1, 0.15) is 41.1 Å². The number of carbonyl (C=O) groups excluding carboxylic acids is 2. The second-order valence-corrected chi connectivity index (χ2v) is 7.75. The Balaban J connectivity index is 1.48. The summed E-state index contributed by atoms with van der Waals surface area (Å²) in [7, 11) is 0. The molecular weight excluding hydrogens is 366 g/mol. The fraction of sp³-hybridized carbons (Fsp3) is 0.450. The van der Waals surface area contributed by atoms with Gasteiger partial charge in [-0.3, -0.25) is 9.59 Å². The van der Waals surface area contributed by atoms with E-state index >= 15 is 0 Å². The minimum absolute atomic E-state index is 0.0191. The van der Waals surface area contributed by atoms with Crippen molar-refractivity contribution < 1.29 is 18.4 Å². The Morgan fingerprint density at radius 1 is 1.25 bits per heavy atom. The van der Waals surface area contributed by atoms with E-state index in [0.717, 1.165) is 30.7 Å². The number of imidazole rings is 1. The lowest BCUT2D eigenvalue weighted by atomic mass is 9.78. The molecule has 28 heavy (non-hydrogen) atoms. The minimum Gasteiger partial charge on any atom is -0.338 e. The molecule has 1 atom stereocenters. The van der Waals surface area contributed by atoms with E-state index in [2.05, 4.69) is 9.97 Å². The van der Waals surface area contributed by atoms with Gasteiger partial charge in [-0.2, -0.15) is 0 Å². The Labute approximate surface area is 161 Å². The predicted octanol–water partition coefficient (Wildman–Crippen LogP) is 2.65. The van der Waals surface area contributed by atoms with Crippen LogP contribution < -0.4 is 0 Å². The highest BCUT2D eigenvalue weighted by atomic mass is 19.2. The maximum Gasteiger partial charge on any atom is 0.289 e. The first-order chi connectivity index (χ1) is 13.4. The molecule has 2 saturated heterocycles. The van der Waals surface area contributed by atoms with E-state index in [4.69, 9.17) is 0 Å². The molecule has 6 nitrogen and oxygen atoms in total. The van der Waals surface area contributed by atoms with Gasteiger partial charge in [0.15, 0.2) is 17.5 Å². The van der Waals surface area contributed by atoms with Gasteiger partial charge in [-0.25, -0.2) is 13.8 Å². The van der Waals surface area contributed by atoms with Gasteiger partial charge in [0.2, 0.25) is 5.91 Å². The van der Waals surface area contributed by atoms with Crippen LogP contribution >= 0.6 is 0 Å². The lowest BCUT2D eigenvalue weighted by Crippen LogP contribution is -2.50. The van der Waals surface area contributed by atoms with E-state index < -0.39 is 17.0 Å². The predicted molar refractivity (Wildman–Crippen MR) is 97.3 cm³/mol. The van der Waals surface area contributed by atoms with Crippen LogP contribution in [0.2, 0.25) is 0 Å². The van der Waals surface area contributed by atoms with Crippen LogP contribution in [0.5, 0.6) is 0 Å². The zero-order valence-electron chi connectivity index (χ0n) is 15.7. The molecule has 0 aliphatic carbocycles. The molecule has 8 heteroatoms. The van der Waals surface area contributed by atoms with E-state index in [1.165, 1.54) is 6.07 Å². The van der Waals surface area contributed by atoms with Gasteiger partial charge in [-0.15, -0.1) is 0 Å². The van der Waals surface area contributed by atoms with Crippen LogP contribution in [-0.4, -0.2) is 51.2 Å². The molecule has 1 spiro atoms. The number of benzene rings is 1. The second-order valence-electron chi connectivity index (χ2n) is 7.75. The van der Waals surface area contributed by atoms with Crippen molar-refractivity contribution in [2.75, 3.05) is 19.6 Å². The summed E-state index contributed by atoms with van der Waals surface area (Å²) in [6, 6.07) is 3.71. The number of aromatic nitrogens is 2. The Bertz CT molecular complexity index is 929. The summed E-state index contributed by atoms with van der Waals surface area (Å²) in [5.41, 5.74) is 0.763. The van der Waals surface area contributed by atoms with Crippen LogP contribution in [0.4, 0.5) is 8.78 Å². The summed E-state index contributed by atoms with van der Waals surface area (Å²) in [6.45, 7) is 3.51. The third kappa shape index (κ3) is 3.27. The zero-order valence-corrected chi connectivity index (χ0v) is 15.7. The summed E-state index contributed by atoms with van der Waals surface area (Å²) in [5, 5.41) is 0. The number of likely N-dealkylation sites (tertiary alicyclic amines) is 2. The fourth-order valence-corrected chi connectivity index (χ4v) is 4.26. The zero-order chi connectivity index (χ0) is 19.9. The number of hydrogen-bond acceptors (Lipinski definition) is 3. The third-order valence-electron chi connectivity index (χ3n) is 5.73. The van der Waals surface area contributed by atoms with Crippen LogP contribution in [0.25, 0.3) is 0 Å². The highest BCUT2D eigenvalue weighted by Gasteiger charge is 2.49. The van der Waals surface area contributed by atoms with E-state index in [1.54, 1.807) is 16.0 Å². The number of amides is 2. The monoisotopic (exact) mass is 388 g/mol. The number of nitrogens with zero attached hydrogens (tertiary/aromatic N) is 3. The minimum atomic E-state index is -0.914. The van der Waals surface area contributed by atoms with Gasteiger partial charge in [-0.1, -0.05) is 6.07 Å². The van der Waals surface area contributed by atoms with Crippen LogP contribution in [-0.2, 0) is 11.3 Å². The third-order valence-corrected chi connectivity index (χ3v) is 5.73. The average Bonchev–Trinajstić information content (AvgIpc) is 3.29. The van der Waals surface area contributed by atoms with E-state index in [-0.39, 0.29) is 24.2 Å². The van der Waals surface area contributed by atoms with Crippen molar-refractivity contribution in [2.24, 2.45) is 5.41 Å². The molecule has 0 bridgehead atoms. The maximum absolute atomic E-state index is 13.5. The summed E-state index contributed by atoms with van der Waals surface area (Å²) in [5.74, 6) is -1.74. The molecule has 2 aromatic rings. The van der Waals surface area contributed by atoms with Gasteiger partial charge in [-0.05, 0) is 43.9 Å². The van der Waals surface area contributed by atoms with Crippen LogP contribution in [0.15, 0.2) is 24.4 Å². The average molecular weight is 388 g/mol. The number of piperidine rings is 1. The number of aryl methyl sites for hydroxylation is 1. The molecule has 2 aliphatic rings. The van der Waals surface area contributed by atoms with Gasteiger partial charge >= 0.3 is 0 Å². The normalized spacial score (nSPS) is 22.3. The topological polar surface area (TPSA) is 69.3 Å². The highest BCUT2D eigenvalue weighted by Crippen LogP contribution is 2.40. The first-order valence-corrected chi connectivity index (χ1v) is 9.42. The quantitative estimate of drug-likeness (QED) is 0.879. The van der Waals surface area contributed by atoms with Gasteiger partial charge < -0.3 is 14.8 Å². The maximum atomic E-state index is 13.5. The first-order valence-electron chi connectivity index (χ1n) is 9.42. The Morgan fingerprint density at radius 2 is 2.07 bits per heavy atom. The molecule has 148 valence electrons. The largest absolute Gasteiger partial charge is 0.338 e. The van der Waals surface area contributed by atoms with Crippen molar-refractivity contribution in [3.05, 3.63) is 53.1 Å². The number of nitrogens with one attached hydrogen (secondary N) is 1. The van der Waals surface area contributed by atoms with Crippen molar-refractivity contribution >= 4 is 11.8 Å². The summed E-state index contributed by atoms with van der Waals surface area (Å²) in [6.07, 6.45) is 3.75. The smallest absolute Gasteiger partial charge is 0.289 e. The molecule has 1 aromatic heterocycles. The standard InChI is InChI=1S/C20H22F2N4O2/c1-13-10-23-17(24-13)18(27)26-8-6-20(12-26)5-2-7-25(19(20)28)11-14-3-4-15(21)16(22)9-14/h3-4,9-10H,2,5-8,11-12H2,1H3,(H,23,24)/t20-/m0/s1. The van der Waals surface area contributed by atoms with E-state index in [1.807, 2.05) is 6.92 Å². The number of aromatic amines is 1. The number of rotatable bonds is 3. The van der Waals surface area contributed by atoms with Crippen molar-refractivity contribution in [3.8, 4) is 0 Å². The van der Waals surface area contributed by atoms with Gasteiger partial charge in [0.1, 0.15) is 0 Å². The van der Waals surface area contributed by atoms with Crippen LogP contribution in [0.3, 0.4) is 0 Å². The highest BCUT2D eigenvalue weighted by molar-refractivity contribution is 5.92. The number of carbonyl (C=O) groups is 2. The van der Waals surface area contributed by atoms with E-state index in [0.29, 0.717) is 31.6 Å². The molecular formula is C20H22F2N4O2. The second kappa shape index (κ2) is 7.00. The van der Waals surface area contributed by atoms with Crippen molar-refractivity contribution in [1.82, 2.24) is 19.8 Å². The molecule has 1 N–H and O–H groups in total. The Hall–Kier alpha value is -2.77. The fourth-order valence-electron chi connectivity index (χ4n) is 4.26. The number of halogens is 2. The first kappa shape index (κ1) is 18.6. The van der Waals surface area contributed by atoms with Crippen molar-refractivity contribution in [3.63, 3.8) is 0 Å². The van der Waals surface area contributed by atoms with Gasteiger partial charge in [0.25, 0.3) is 5.91 Å². The molecule has 0 saturated carbocycles. The Morgan fingerprint density at radius 3 is 2.79 bits per heavy atom. The lowest BCUT2D eigenvalue weighted by molar-refractivity contribution is -0.146. The summed E-state index contributed by atoms with van der Waals surface area (Å²) >= 11 is 0. The van der Waals surface area contributed by atoms with Gasteiger partial charge in [0, 0.05) is 38.1 Å². The van der Waals surface area contributed by atoms with Crippen LogP contribution in [0, 0.1) is 24.0 Å². The number of hydrogen-bond donors (Lipinski definition) is 1. The molecule has 2 aliphatic heterocycles. The number of H-pyrrole nitrogens is 1.